The lowest BCUT2D eigenvalue weighted by molar-refractivity contribution is 0.819. The largest absolute Gasteiger partial charge is 0.384 e. The molecule has 0 aliphatic carbocycles. The molecule has 0 aliphatic rings. The third-order valence-electron chi connectivity index (χ3n) is 2.74. The number of nitrogens with one attached hydrogen (secondary N) is 2. The smallest absolute Gasteiger partial charge is 0.126 e. The van der Waals surface area contributed by atoms with E-state index in [9.17, 15) is 0 Å². The summed E-state index contributed by atoms with van der Waals surface area (Å²) >= 11 is 6.02. The summed E-state index contributed by atoms with van der Waals surface area (Å²) in [4.78, 5) is 12.1. The van der Waals surface area contributed by atoms with Crippen LogP contribution < -0.4 is 5.32 Å². The lowest BCUT2D eigenvalue weighted by atomic mass is 10.2. The molecule has 1 aromatic carbocycles. The molecule has 3 aromatic rings. The molecule has 0 saturated carbocycles. The molecule has 2 heterocycles. The zero-order valence-electron chi connectivity index (χ0n) is 9.57. The number of imidazole rings is 1. The van der Waals surface area contributed by atoms with E-state index in [1.165, 1.54) is 0 Å². The van der Waals surface area contributed by atoms with Gasteiger partial charge in [0.1, 0.15) is 5.82 Å². The van der Waals surface area contributed by atoms with Crippen LogP contribution in [-0.4, -0.2) is 15.0 Å². The molecule has 0 atom stereocenters. The Bertz CT molecular complexity index is 732. The summed E-state index contributed by atoms with van der Waals surface area (Å²) in [5, 5.41) is 4.65. The lowest BCUT2D eigenvalue weighted by Gasteiger charge is -1.97. The summed E-state index contributed by atoms with van der Waals surface area (Å²) in [5.74, 6) is 0.846. The maximum Gasteiger partial charge on any atom is 0.126 e. The predicted octanol–water partition coefficient (Wildman–Crippen LogP) is 3.00. The van der Waals surface area contributed by atoms with Crippen molar-refractivity contribution in [3.8, 4) is 0 Å². The minimum atomic E-state index is 0.611. The van der Waals surface area contributed by atoms with Gasteiger partial charge in [-0.05, 0) is 24.4 Å². The number of pyridine rings is 1. The highest BCUT2D eigenvalue weighted by atomic mass is 35.5. The molecule has 0 bridgehead atoms. The van der Waals surface area contributed by atoms with E-state index in [0.29, 0.717) is 11.6 Å². The van der Waals surface area contributed by atoms with Crippen LogP contribution in [0.25, 0.3) is 21.9 Å². The predicted molar refractivity (Wildman–Crippen MR) is 73.4 cm³/mol. The van der Waals surface area contributed by atoms with Gasteiger partial charge in [0.05, 0.1) is 29.3 Å². The number of hydrogen-bond donors (Lipinski definition) is 2. The van der Waals surface area contributed by atoms with E-state index < -0.39 is 0 Å². The van der Waals surface area contributed by atoms with Crippen LogP contribution in [0.2, 0.25) is 5.02 Å². The van der Waals surface area contributed by atoms with E-state index in [1.807, 2.05) is 18.2 Å². The monoisotopic (exact) mass is 258 g/mol. The molecule has 0 saturated heterocycles. The minimum absolute atomic E-state index is 0.611. The van der Waals surface area contributed by atoms with Crippen molar-refractivity contribution in [2.24, 2.45) is 0 Å². The Labute approximate surface area is 109 Å². The number of hydrogen-bond acceptors (Lipinski definition) is 3. The number of rotatable bonds is 3. The molecule has 0 amide bonds. The highest BCUT2D eigenvalue weighted by Crippen LogP contribution is 2.24. The molecular formula is C13H11ClN4. The average molecular weight is 259 g/mol. The molecular weight excluding hydrogens is 248 g/mol. The standard InChI is InChI=1S/C13H11ClN4/c1-2-15-7-12-17-11-6-16-10-4-3-8(14)5-9(10)13(11)18-12/h2-6,15H,1,7H2,(H,17,18). The number of halogens is 1. The minimum Gasteiger partial charge on any atom is -0.384 e. The Hall–Kier alpha value is -2.07. The van der Waals surface area contributed by atoms with Crippen molar-refractivity contribution in [2.45, 2.75) is 6.54 Å². The Kier molecular flexibility index (Phi) is 2.64. The zero-order chi connectivity index (χ0) is 12.5. The van der Waals surface area contributed by atoms with Crippen LogP contribution >= 0.6 is 11.6 Å². The number of benzene rings is 1. The highest BCUT2D eigenvalue weighted by Gasteiger charge is 2.07. The van der Waals surface area contributed by atoms with Crippen molar-refractivity contribution in [3.63, 3.8) is 0 Å². The van der Waals surface area contributed by atoms with Gasteiger partial charge in [0.25, 0.3) is 0 Å². The number of aromatic nitrogens is 3. The van der Waals surface area contributed by atoms with Crippen molar-refractivity contribution in [2.75, 3.05) is 0 Å². The van der Waals surface area contributed by atoms with Crippen LogP contribution in [-0.2, 0) is 6.54 Å². The Morgan fingerprint density at radius 3 is 3.17 bits per heavy atom. The molecule has 3 rings (SSSR count). The Morgan fingerprint density at radius 2 is 2.33 bits per heavy atom. The van der Waals surface area contributed by atoms with Crippen LogP contribution in [0.1, 0.15) is 5.82 Å². The highest BCUT2D eigenvalue weighted by molar-refractivity contribution is 6.31. The van der Waals surface area contributed by atoms with Crippen LogP contribution in [0.5, 0.6) is 0 Å². The molecule has 4 nitrogen and oxygen atoms in total. The number of nitrogens with zero attached hydrogens (tertiary/aromatic N) is 2. The van der Waals surface area contributed by atoms with Gasteiger partial charge in [0, 0.05) is 10.4 Å². The van der Waals surface area contributed by atoms with Gasteiger partial charge in [-0.15, -0.1) is 0 Å². The van der Waals surface area contributed by atoms with Crippen molar-refractivity contribution >= 4 is 33.5 Å². The van der Waals surface area contributed by atoms with Crippen LogP contribution in [0.4, 0.5) is 0 Å². The van der Waals surface area contributed by atoms with Gasteiger partial charge in [0.15, 0.2) is 0 Å². The SMILES string of the molecule is C=CNCc1nc2c(cnc3ccc(Cl)cc32)[nH]1. The van der Waals surface area contributed by atoms with Gasteiger partial charge in [-0.1, -0.05) is 18.2 Å². The number of aromatic amines is 1. The summed E-state index contributed by atoms with van der Waals surface area (Å²) in [6.45, 7) is 4.22. The van der Waals surface area contributed by atoms with Gasteiger partial charge in [-0.2, -0.15) is 0 Å². The van der Waals surface area contributed by atoms with E-state index in [1.54, 1.807) is 12.4 Å². The molecule has 0 spiro atoms. The molecule has 2 aromatic heterocycles. The lowest BCUT2D eigenvalue weighted by Crippen LogP contribution is -2.04. The van der Waals surface area contributed by atoms with E-state index >= 15 is 0 Å². The normalized spacial score (nSPS) is 10.9. The van der Waals surface area contributed by atoms with Crippen LogP contribution in [0.15, 0.2) is 37.2 Å². The first-order chi connectivity index (χ1) is 8.78. The summed E-state index contributed by atoms with van der Waals surface area (Å²) < 4.78 is 0. The van der Waals surface area contributed by atoms with Crippen molar-refractivity contribution in [1.82, 2.24) is 20.3 Å². The summed E-state index contributed by atoms with van der Waals surface area (Å²) in [6.07, 6.45) is 3.43. The fourth-order valence-corrected chi connectivity index (χ4v) is 2.11. The molecule has 2 N–H and O–H groups in total. The first-order valence-electron chi connectivity index (χ1n) is 5.55. The van der Waals surface area contributed by atoms with Gasteiger partial charge in [0.2, 0.25) is 0 Å². The zero-order valence-corrected chi connectivity index (χ0v) is 10.3. The molecule has 0 radical (unpaired) electrons. The summed E-state index contributed by atoms with van der Waals surface area (Å²) in [5.41, 5.74) is 2.69. The molecule has 0 fully saturated rings. The number of H-pyrrole nitrogens is 1. The fraction of sp³-hybridized carbons (Fsp3) is 0.0769. The quantitative estimate of drug-likeness (QED) is 0.759. The average Bonchev–Trinajstić information content (AvgIpc) is 2.79. The van der Waals surface area contributed by atoms with E-state index in [-0.39, 0.29) is 0 Å². The number of fused-ring (bicyclic) bond motifs is 3. The van der Waals surface area contributed by atoms with E-state index in [4.69, 9.17) is 11.6 Å². The summed E-state index contributed by atoms with van der Waals surface area (Å²) in [7, 11) is 0. The first kappa shape index (κ1) is 11.0. The third-order valence-corrected chi connectivity index (χ3v) is 2.98. The van der Waals surface area contributed by atoms with Crippen molar-refractivity contribution in [3.05, 3.63) is 48.0 Å². The topological polar surface area (TPSA) is 53.6 Å². The van der Waals surface area contributed by atoms with Gasteiger partial charge in [-0.3, -0.25) is 4.98 Å². The maximum absolute atomic E-state index is 6.02. The molecule has 90 valence electrons. The second-order valence-corrected chi connectivity index (χ2v) is 4.39. The Balaban J connectivity index is 2.22. The Morgan fingerprint density at radius 1 is 1.44 bits per heavy atom. The molecule has 0 unspecified atom stereocenters. The maximum atomic E-state index is 6.02. The molecule has 18 heavy (non-hydrogen) atoms. The third kappa shape index (κ3) is 1.80. The van der Waals surface area contributed by atoms with Crippen LogP contribution in [0.3, 0.4) is 0 Å². The first-order valence-corrected chi connectivity index (χ1v) is 5.93. The van der Waals surface area contributed by atoms with E-state index in [2.05, 4.69) is 26.8 Å². The second-order valence-electron chi connectivity index (χ2n) is 3.95. The van der Waals surface area contributed by atoms with Crippen LogP contribution in [0, 0.1) is 0 Å². The fourth-order valence-electron chi connectivity index (χ4n) is 1.93. The van der Waals surface area contributed by atoms with Crippen molar-refractivity contribution < 1.29 is 0 Å². The molecule has 5 heteroatoms. The summed E-state index contributed by atoms with van der Waals surface area (Å²) in [6, 6.07) is 5.61. The van der Waals surface area contributed by atoms with Gasteiger partial charge >= 0.3 is 0 Å². The van der Waals surface area contributed by atoms with E-state index in [0.717, 1.165) is 27.8 Å². The van der Waals surface area contributed by atoms with Crippen molar-refractivity contribution in [1.29, 1.82) is 0 Å². The van der Waals surface area contributed by atoms with Gasteiger partial charge < -0.3 is 10.3 Å². The second kappa shape index (κ2) is 4.31. The molecule has 0 aliphatic heterocycles. The van der Waals surface area contributed by atoms with Gasteiger partial charge in [-0.25, -0.2) is 4.98 Å².